The zero-order valence-corrected chi connectivity index (χ0v) is 63.7. The van der Waals surface area contributed by atoms with Crippen molar-refractivity contribution in [1.82, 2.24) is 0 Å². The SMILES string of the molecule is CC/C=C\C/C=C\C/C=C\C/C=C\C/C=C\CCCC(=O)OCC(COP(=O)(O)OCC(O)COP(=O)(O)OCC(COC(=O)CCCCCCCCCCCCCCCCC)OC(=O)CCCCCCC/C=C\CCCCCC)OC(=O)CCCCCCC/C=C\CCCCCC. The molecule has 0 aromatic carbocycles. The van der Waals surface area contributed by atoms with Crippen molar-refractivity contribution in [2.24, 2.45) is 0 Å². The molecular formula is C79H140O17P2. The Morgan fingerprint density at radius 1 is 0.296 bits per heavy atom. The minimum atomic E-state index is -4.98. The first-order valence-electron chi connectivity index (χ1n) is 38.8. The molecule has 0 saturated carbocycles. The normalized spacial score (nSPS) is 14.4. The standard InChI is InChI=1S/C79H140O17P2/c1-5-9-13-17-21-25-29-33-35-36-38-42-44-48-52-56-60-64-77(82)90-70-75(96-79(84)66-62-58-54-50-46-40-32-28-24-20-16-12-8-4)72-94-98(87,88)92-68-73(80)67-91-97(85,86)93-71-74(95-78(83)65-61-57-53-49-45-39-31-27-23-19-15-11-7-3)69-89-76(81)63-59-55-51-47-43-41-37-34-30-26-22-18-14-10-6-2/h9,13,21,25,27-28,31-33,35,38,42,48,52,73-75,80H,5-8,10-12,14-20,22-24,26,29-30,34,36-37,39-41,43-47,49-51,53-72H2,1-4H3,(H,85,86)(H,87,88)/b13-9-,25-21-,31-27-,32-28-,35-33-,42-38-,52-48-. The van der Waals surface area contributed by atoms with Crippen LogP contribution in [0, 0.1) is 0 Å². The van der Waals surface area contributed by atoms with E-state index in [1.54, 1.807) is 0 Å². The molecule has 0 fully saturated rings. The Balaban J connectivity index is 5.37. The third-order valence-corrected chi connectivity index (χ3v) is 18.2. The van der Waals surface area contributed by atoms with E-state index in [4.69, 9.17) is 37.0 Å². The van der Waals surface area contributed by atoms with Crippen molar-refractivity contribution in [2.75, 3.05) is 39.6 Å². The van der Waals surface area contributed by atoms with Gasteiger partial charge in [-0.05, 0) is 116 Å². The van der Waals surface area contributed by atoms with E-state index in [1.165, 1.54) is 122 Å². The average molecular weight is 1420 g/mol. The Labute approximate surface area is 595 Å². The lowest BCUT2D eigenvalue weighted by molar-refractivity contribution is -0.161. The first kappa shape index (κ1) is 94.2. The molecule has 0 amide bonds. The van der Waals surface area contributed by atoms with Crippen molar-refractivity contribution in [2.45, 2.75) is 354 Å². The van der Waals surface area contributed by atoms with E-state index in [1.807, 2.05) is 12.2 Å². The number of unbranched alkanes of at least 4 members (excludes halogenated alkanes) is 33. The van der Waals surface area contributed by atoms with E-state index in [0.717, 1.165) is 128 Å². The van der Waals surface area contributed by atoms with E-state index >= 15 is 0 Å². The molecule has 0 aliphatic rings. The number of aliphatic hydroxyl groups excluding tert-OH is 1. The summed E-state index contributed by atoms with van der Waals surface area (Å²) >= 11 is 0. The maximum Gasteiger partial charge on any atom is 0.472 e. The lowest BCUT2D eigenvalue weighted by Gasteiger charge is -2.21. The topological polar surface area (TPSA) is 237 Å². The fraction of sp³-hybridized carbons (Fsp3) is 0.772. The molecule has 0 aromatic heterocycles. The largest absolute Gasteiger partial charge is 0.472 e. The predicted octanol–water partition coefficient (Wildman–Crippen LogP) is 22.2. The molecule has 0 aliphatic carbocycles. The zero-order chi connectivity index (χ0) is 71.8. The van der Waals surface area contributed by atoms with Crippen LogP contribution < -0.4 is 0 Å². The number of carbonyl (C=O) groups excluding carboxylic acids is 4. The van der Waals surface area contributed by atoms with Crippen LogP contribution in [0.2, 0.25) is 0 Å². The van der Waals surface area contributed by atoms with Crippen LogP contribution in [0.4, 0.5) is 0 Å². The Hall–Kier alpha value is -3.76. The minimum absolute atomic E-state index is 0.0736. The number of aliphatic hydroxyl groups is 1. The second kappa shape index (κ2) is 71.6. The molecule has 0 bridgehead atoms. The van der Waals surface area contributed by atoms with Crippen LogP contribution in [-0.4, -0.2) is 96.7 Å². The molecule has 0 aromatic rings. The molecule has 19 heteroatoms. The highest BCUT2D eigenvalue weighted by molar-refractivity contribution is 7.47. The second-order valence-electron chi connectivity index (χ2n) is 25.9. The summed E-state index contributed by atoms with van der Waals surface area (Å²) in [6.45, 7) is 4.69. The monoisotopic (exact) mass is 1420 g/mol. The third kappa shape index (κ3) is 70.7. The lowest BCUT2D eigenvalue weighted by atomic mass is 10.0. The maximum absolute atomic E-state index is 13.1. The molecule has 0 spiro atoms. The van der Waals surface area contributed by atoms with Gasteiger partial charge in [0.25, 0.3) is 0 Å². The van der Waals surface area contributed by atoms with Gasteiger partial charge in [-0.2, -0.15) is 0 Å². The molecule has 0 aliphatic heterocycles. The molecular weight excluding hydrogens is 1280 g/mol. The number of carbonyl (C=O) groups is 4. The predicted molar refractivity (Wildman–Crippen MR) is 399 cm³/mol. The highest BCUT2D eigenvalue weighted by Gasteiger charge is 2.30. The Morgan fingerprint density at radius 3 is 0.878 bits per heavy atom. The van der Waals surface area contributed by atoms with E-state index < -0.39 is 97.5 Å². The summed E-state index contributed by atoms with van der Waals surface area (Å²) < 4.78 is 68.4. The summed E-state index contributed by atoms with van der Waals surface area (Å²) in [5.41, 5.74) is 0. The molecule has 0 radical (unpaired) electrons. The second-order valence-corrected chi connectivity index (χ2v) is 28.8. The van der Waals surface area contributed by atoms with Crippen LogP contribution in [0.25, 0.3) is 0 Å². The summed E-state index contributed by atoms with van der Waals surface area (Å²) in [5.74, 6) is -2.24. The van der Waals surface area contributed by atoms with Crippen LogP contribution >= 0.6 is 15.6 Å². The van der Waals surface area contributed by atoms with Crippen LogP contribution in [0.5, 0.6) is 0 Å². The van der Waals surface area contributed by atoms with E-state index in [-0.39, 0.29) is 25.7 Å². The van der Waals surface area contributed by atoms with Gasteiger partial charge in [0.15, 0.2) is 12.2 Å². The first-order chi connectivity index (χ1) is 47.7. The number of hydrogen-bond acceptors (Lipinski definition) is 15. The molecule has 98 heavy (non-hydrogen) atoms. The Morgan fingerprint density at radius 2 is 0.541 bits per heavy atom. The summed E-state index contributed by atoms with van der Waals surface area (Å²) in [5, 5.41) is 10.6. The number of esters is 4. The Kier molecular flexibility index (Phi) is 68.9. The number of hydrogen-bond donors (Lipinski definition) is 3. The summed E-state index contributed by atoms with van der Waals surface area (Å²) in [6.07, 6.45) is 72.9. The molecule has 5 atom stereocenters. The first-order valence-corrected chi connectivity index (χ1v) is 41.8. The van der Waals surface area contributed by atoms with Crippen LogP contribution in [0.1, 0.15) is 336 Å². The van der Waals surface area contributed by atoms with E-state index in [2.05, 4.69) is 101 Å². The quantitative estimate of drug-likeness (QED) is 0.0169. The van der Waals surface area contributed by atoms with Crippen molar-refractivity contribution in [3.8, 4) is 0 Å². The fourth-order valence-corrected chi connectivity index (χ4v) is 12.0. The molecule has 0 rings (SSSR count). The van der Waals surface area contributed by atoms with Gasteiger partial charge in [-0.15, -0.1) is 0 Å². The van der Waals surface area contributed by atoms with Crippen LogP contribution in [0.3, 0.4) is 0 Å². The Bertz CT molecular complexity index is 2190. The molecule has 568 valence electrons. The number of phosphoric ester groups is 2. The maximum atomic E-state index is 13.1. The van der Waals surface area contributed by atoms with Gasteiger partial charge in [0.05, 0.1) is 26.4 Å². The van der Waals surface area contributed by atoms with Gasteiger partial charge in [-0.3, -0.25) is 37.3 Å². The molecule has 0 saturated heterocycles. The number of rotatable bonds is 73. The van der Waals surface area contributed by atoms with Gasteiger partial charge in [0.2, 0.25) is 0 Å². The van der Waals surface area contributed by atoms with Crippen molar-refractivity contribution in [3.63, 3.8) is 0 Å². The molecule has 5 unspecified atom stereocenters. The van der Waals surface area contributed by atoms with E-state index in [9.17, 15) is 43.2 Å². The van der Waals surface area contributed by atoms with Crippen molar-refractivity contribution < 1.29 is 80.2 Å². The number of ether oxygens (including phenoxy) is 4. The fourth-order valence-electron chi connectivity index (χ4n) is 10.4. The van der Waals surface area contributed by atoms with Crippen molar-refractivity contribution >= 4 is 39.5 Å². The van der Waals surface area contributed by atoms with Crippen molar-refractivity contribution in [3.05, 3.63) is 85.1 Å². The summed E-state index contributed by atoms with van der Waals surface area (Å²) in [4.78, 5) is 72.8. The smallest absolute Gasteiger partial charge is 0.462 e. The molecule has 17 nitrogen and oxygen atoms in total. The highest BCUT2D eigenvalue weighted by atomic mass is 31.2. The van der Waals surface area contributed by atoms with Gasteiger partial charge in [0, 0.05) is 25.7 Å². The third-order valence-electron chi connectivity index (χ3n) is 16.3. The molecule has 0 heterocycles. The van der Waals surface area contributed by atoms with Crippen LogP contribution in [-0.2, 0) is 65.4 Å². The zero-order valence-electron chi connectivity index (χ0n) is 62.0. The van der Waals surface area contributed by atoms with Crippen molar-refractivity contribution in [1.29, 1.82) is 0 Å². The minimum Gasteiger partial charge on any atom is -0.462 e. The van der Waals surface area contributed by atoms with Gasteiger partial charge in [-0.25, -0.2) is 9.13 Å². The summed E-state index contributed by atoms with van der Waals surface area (Å²) in [6, 6.07) is 0. The molecule has 3 N–H and O–H groups in total. The average Bonchev–Trinajstić information content (AvgIpc) is 0.969. The number of allylic oxidation sites excluding steroid dienone is 14. The van der Waals surface area contributed by atoms with Crippen LogP contribution in [0.15, 0.2) is 85.1 Å². The van der Waals surface area contributed by atoms with Gasteiger partial charge >= 0.3 is 39.5 Å². The van der Waals surface area contributed by atoms with Gasteiger partial charge < -0.3 is 33.8 Å². The van der Waals surface area contributed by atoms with E-state index in [0.29, 0.717) is 32.1 Å². The summed E-state index contributed by atoms with van der Waals surface area (Å²) in [7, 11) is -9.96. The lowest BCUT2D eigenvalue weighted by Crippen LogP contribution is -2.30. The highest BCUT2D eigenvalue weighted by Crippen LogP contribution is 2.45. The van der Waals surface area contributed by atoms with Gasteiger partial charge in [-0.1, -0.05) is 280 Å². The van der Waals surface area contributed by atoms with Gasteiger partial charge in [0.1, 0.15) is 19.3 Å². The number of phosphoric acid groups is 2.